The summed E-state index contributed by atoms with van der Waals surface area (Å²) in [6.07, 6.45) is 26.7. The Hall–Kier alpha value is -2.72. The molecule has 1 fully saturated rings. The van der Waals surface area contributed by atoms with Gasteiger partial charge in [-0.05, 0) is 12.8 Å². The van der Waals surface area contributed by atoms with E-state index >= 15 is 0 Å². The molecular formula is C45H79N5O11P-. The molecule has 0 amide bonds. The Labute approximate surface area is 370 Å². The number of carbonyl (C=O) groups excluding carboxylic acids is 2. The van der Waals surface area contributed by atoms with Crippen LogP contribution < -0.4 is 10.6 Å². The van der Waals surface area contributed by atoms with Crippen LogP contribution >= 0.6 is 7.82 Å². The number of hydrogen-bond donors (Lipinski definition) is 3. The molecule has 1 unspecified atom stereocenters. The Bertz CT molecular complexity index is 1550. The first kappa shape index (κ1) is 53.6. The van der Waals surface area contributed by atoms with Crippen molar-refractivity contribution in [2.45, 2.75) is 224 Å². The molecule has 1 saturated heterocycles. The molecule has 1 aliphatic heterocycles. The van der Waals surface area contributed by atoms with Gasteiger partial charge in [-0.3, -0.25) is 18.7 Å². The molecule has 3 heterocycles. The van der Waals surface area contributed by atoms with Gasteiger partial charge in [-0.2, -0.15) is 0 Å². The summed E-state index contributed by atoms with van der Waals surface area (Å²) in [5, 5.41) is 21.4. The van der Waals surface area contributed by atoms with Gasteiger partial charge in [0, 0.05) is 12.8 Å². The van der Waals surface area contributed by atoms with E-state index in [0.717, 1.165) is 38.5 Å². The van der Waals surface area contributed by atoms with Crippen LogP contribution in [-0.2, 0) is 37.4 Å². The van der Waals surface area contributed by atoms with Crippen molar-refractivity contribution in [1.82, 2.24) is 19.5 Å². The average molecular weight is 897 g/mol. The minimum absolute atomic E-state index is 0.110. The molecular weight excluding hydrogens is 817 g/mol. The van der Waals surface area contributed by atoms with Crippen LogP contribution in [0.3, 0.4) is 0 Å². The standard InChI is InChI=1S/C45H80N5O11P/c1-3-5-7-9-11-13-15-17-19-21-23-25-27-29-38(51)57-31-36(60-39(52)30-28-26-24-22-20-18-16-14-12-10-8-6-4-2)32-58-62(55,56)59-33-37-41(53)42(54)45(61-37)50-35-49-40-43(46)47-34-48-44(40)50/h34-37,41-42,45,53-54H,3-33H2,1-2H3,(H,55,56)(H2,46,47,48)/p-1/t36-,37+,41+,42+,45+/m0/s1. The Morgan fingerprint density at radius 2 is 1.19 bits per heavy atom. The minimum atomic E-state index is -5.07. The van der Waals surface area contributed by atoms with Crippen molar-refractivity contribution in [2.24, 2.45) is 0 Å². The fourth-order valence-electron chi connectivity index (χ4n) is 7.72. The number of rotatable bonds is 38. The number of aliphatic hydroxyl groups excluding tert-OH is 2. The van der Waals surface area contributed by atoms with E-state index in [4.69, 9.17) is 29.0 Å². The van der Waals surface area contributed by atoms with Crippen LogP contribution in [0.25, 0.3) is 11.2 Å². The number of aromatic nitrogens is 4. The van der Waals surface area contributed by atoms with Gasteiger partial charge in [0.25, 0.3) is 7.82 Å². The van der Waals surface area contributed by atoms with Crippen LogP contribution in [0.15, 0.2) is 12.7 Å². The van der Waals surface area contributed by atoms with Gasteiger partial charge >= 0.3 is 11.9 Å². The van der Waals surface area contributed by atoms with Crippen molar-refractivity contribution in [3.05, 3.63) is 12.7 Å². The van der Waals surface area contributed by atoms with Gasteiger partial charge in [0.2, 0.25) is 0 Å². The largest absolute Gasteiger partial charge is 0.756 e. The van der Waals surface area contributed by atoms with Crippen molar-refractivity contribution in [1.29, 1.82) is 0 Å². The molecule has 3 rings (SSSR count). The van der Waals surface area contributed by atoms with Crippen LogP contribution in [0.4, 0.5) is 5.82 Å². The zero-order chi connectivity index (χ0) is 44.8. The number of phosphoric acid groups is 1. The number of imidazole rings is 1. The van der Waals surface area contributed by atoms with E-state index < -0.39 is 63.6 Å². The average Bonchev–Trinajstić information content (AvgIpc) is 3.81. The second-order valence-electron chi connectivity index (χ2n) is 16.9. The summed E-state index contributed by atoms with van der Waals surface area (Å²) >= 11 is 0. The quantitative estimate of drug-likeness (QED) is 0.0324. The maximum Gasteiger partial charge on any atom is 0.306 e. The Morgan fingerprint density at radius 3 is 1.71 bits per heavy atom. The summed E-state index contributed by atoms with van der Waals surface area (Å²) in [5.74, 6) is -0.899. The highest BCUT2D eigenvalue weighted by atomic mass is 31.2. The van der Waals surface area contributed by atoms with Crippen LogP contribution in [0, 0.1) is 0 Å². The van der Waals surface area contributed by atoms with Crippen molar-refractivity contribution >= 4 is 36.7 Å². The van der Waals surface area contributed by atoms with Crippen molar-refractivity contribution in [3.63, 3.8) is 0 Å². The van der Waals surface area contributed by atoms with Gasteiger partial charge in [-0.25, -0.2) is 15.0 Å². The lowest BCUT2D eigenvalue weighted by atomic mass is 10.0. The first-order valence-electron chi connectivity index (χ1n) is 24.0. The van der Waals surface area contributed by atoms with E-state index in [2.05, 4.69) is 28.8 Å². The van der Waals surface area contributed by atoms with Crippen LogP contribution in [0.5, 0.6) is 0 Å². The molecule has 4 N–H and O–H groups in total. The number of fused-ring (bicyclic) bond motifs is 1. The number of phosphoric ester groups is 1. The number of nitrogen functional groups attached to an aromatic ring is 1. The van der Waals surface area contributed by atoms with Gasteiger partial charge < -0.3 is 44.1 Å². The second-order valence-corrected chi connectivity index (χ2v) is 18.4. The zero-order valence-electron chi connectivity index (χ0n) is 37.8. The van der Waals surface area contributed by atoms with Gasteiger partial charge in [-0.15, -0.1) is 0 Å². The van der Waals surface area contributed by atoms with Gasteiger partial charge in [-0.1, -0.05) is 168 Å². The highest BCUT2D eigenvalue weighted by Crippen LogP contribution is 2.41. The van der Waals surface area contributed by atoms with Crippen LogP contribution in [0.2, 0.25) is 0 Å². The summed E-state index contributed by atoms with van der Waals surface area (Å²) in [4.78, 5) is 50.5. The second kappa shape index (κ2) is 32.0. The first-order valence-corrected chi connectivity index (χ1v) is 25.4. The minimum Gasteiger partial charge on any atom is -0.756 e. The molecule has 356 valence electrons. The molecule has 16 nitrogen and oxygen atoms in total. The van der Waals surface area contributed by atoms with E-state index in [1.807, 2.05) is 0 Å². The molecule has 1 aliphatic rings. The van der Waals surface area contributed by atoms with E-state index in [9.17, 15) is 29.3 Å². The third-order valence-corrected chi connectivity index (χ3v) is 12.4. The highest BCUT2D eigenvalue weighted by molar-refractivity contribution is 7.45. The topological polar surface area (TPSA) is 230 Å². The summed E-state index contributed by atoms with van der Waals surface area (Å²) in [5.41, 5.74) is 6.36. The Morgan fingerprint density at radius 1 is 0.710 bits per heavy atom. The number of ether oxygens (including phenoxy) is 3. The normalized spacial score (nSPS) is 19.2. The molecule has 0 aromatic carbocycles. The zero-order valence-corrected chi connectivity index (χ0v) is 38.7. The summed E-state index contributed by atoms with van der Waals surface area (Å²) in [6.45, 7) is 2.73. The third-order valence-electron chi connectivity index (χ3n) is 11.5. The SMILES string of the molecule is CCCCCCCCCCCCCCCC(=O)OC[C@@H](COP(=O)([O-])OC[C@H]1O[C@@H](n2cnc3c(N)ncnc32)[C@H](O)[C@@H]1O)OC(=O)CCCCCCCCCCCCCCC. The van der Waals surface area contributed by atoms with Crippen molar-refractivity contribution in [3.8, 4) is 0 Å². The summed E-state index contributed by atoms with van der Waals surface area (Å²) in [6, 6.07) is 0. The number of unbranched alkanes of at least 4 members (excludes halogenated alkanes) is 24. The lowest BCUT2D eigenvalue weighted by Gasteiger charge is -2.27. The molecule has 0 saturated carbocycles. The lowest BCUT2D eigenvalue weighted by Crippen LogP contribution is -2.34. The van der Waals surface area contributed by atoms with Gasteiger partial charge in [0.1, 0.15) is 36.8 Å². The third kappa shape index (κ3) is 21.8. The highest BCUT2D eigenvalue weighted by Gasteiger charge is 2.45. The summed E-state index contributed by atoms with van der Waals surface area (Å²) < 4.78 is 41.1. The molecule has 0 bridgehead atoms. The molecule has 2 aromatic heterocycles. The predicted octanol–water partition coefficient (Wildman–Crippen LogP) is 8.95. The fourth-order valence-corrected chi connectivity index (χ4v) is 8.48. The maximum absolute atomic E-state index is 12.9. The van der Waals surface area contributed by atoms with Crippen LogP contribution in [-0.4, -0.2) is 85.9 Å². The number of carbonyl (C=O) groups is 2. The molecule has 2 aromatic rings. The van der Waals surface area contributed by atoms with Crippen molar-refractivity contribution < 1.29 is 52.5 Å². The smallest absolute Gasteiger partial charge is 0.306 e. The fraction of sp³-hybridized carbons (Fsp3) is 0.844. The van der Waals surface area contributed by atoms with Gasteiger partial charge in [0.15, 0.2) is 23.8 Å². The summed E-state index contributed by atoms with van der Waals surface area (Å²) in [7, 11) is -5.07. The molecule has 17 heteroatoms. The predicted molar refractivity (Wildman–Crippen MR) is 237 cm³/mol. The van der Waals surface area contributed by atoms with E-state index in [1.54, 1.807) is 0 Å². The van der Waals surface area contributed by atoms with E-state index in [0.29, 0.717) is 12.8 Å². The van der Waals surface area contributed by atoms with E-state index in [-0.39, 0.29) is 36.4 Å². The maximum atomic E-state index is 12.9. The monoisotopic (exact) mass is 897 g/mol. The molecule has 62 heavy (non-hydrogen) atoms. The number of nitrogens with two attached hydrogens (primary N) is 1. The Kier molecular flexibility index (Phi) is 27.7. The number of hydrogen-bond acceptors (Lipinski definition) is 15. The molecule has 6 atom stereocenters. The van der Waals surface area contributed by atoms with Gasteiger partial charge in [0.05, 0.1) is 19.5 Å². The van der Waals surface area contributed by atoms with Crippen molar-refractivity contribution in [2.75, 3.05) is 25.6 Å². The number of nitrogens with zero attached hydrogens (tertiary/aromatic N) is 4. The lowest BCUT2D eigenvalue weighted by molar-refractivity contribution is -0.231. The first-order chi connectivity index (χ1) is 30.1. The van der Waals surface area contributed by atoms with E-state index in [1.165, 1.54) is 133 Å². The number of anilines is 1. The van der Waals surface area contributed by atoms with Crippen LogP contribution in [0.1, 0.15) is 200 Å². The Balaban J connectivity index is 1.40. The molecule has 0 spiro atoms. The molecule has 0 aliphatic carbocycles. The number of esters is 2. The molecule has 0 radical (unpaired) electrons. The number of aliphatic hydroxyl groups is 2.